The lowest BCUT2D eigenvalue weighted by Gasteiger charge is -2.48. The van der Waals surface area contributed by atoms with Crippen molar-refractivity contribution in [1.29, 1.82) is 0 Å². The molecule has 7 heteroatoms. The van der Waals surface area contributed by atoms with Gasteiger partial charge in [-0.2, -0.15) is 0 Å². The number of carbonyl (C=O) groups excluding carboxylic acids is 1. The van der Waals surface area contributed by atoms with Gasteiger partial charge >= 0.3 is 12.1 Å². The van der Waals surface area contributed by atoms with Crippen molar-refractivity contribution < 1.29 is 29.3 Å². The molecule has 2 rings (SSSR count). The van der Waals surface area contributed by atoms with Crippen LogP contribution in [0, 0.1) is 5.41 Å². The zero-order chi connectivity index (χ0) is 17.3. The number of aliphatic hydroxyl groups is 1. The van der Waals surface area contributed by atoms with E-state index in [9.17, 15) is 19.8 Å². The van der Waals surface area contributed by atoms with E-state index in [4.69, 9.17) is 9.47 Å². The minimum absolute atomic E-state index is 0.147. The third-order valence-electron chi connectivity index (χ3n) is 4.90. The fraction of sp³-hybridized carbons (Fsp3) is 0.875. The van der Waals surface area contributed by atoms with Gasteiger partial charge in [0.2, 0.25) is 0 Å². The number of alkyl carbamates (subject to hydrolysis) is 1. The van der Waals surface area contributed by atoms with Gasteiger partial charge in [0.1, 0.15) is 5.60 Å². The summed E-state index contributed by atoms with van der Waals surface area (Å²) < 4.78 is 10.8. The van der Waals surface area contributed by atoms with Crippen molar-refractivity contribution in [3.63, 3.8) is 0 Å². The molecular weight excluding hydrogens is 302 g/mol. The minimum Gasteiger partial charge on any atom is -0.481 e. The number of aliphatic hydroxyl groups excluding tert-OH is 1. The first kappa shape index (κ1) is 18.0. The Labute approximate surface area is 136 Å². The van der Waals surface area contributed by atoms with Crippen molar-refractivity contribution in [3.05, 3.63) is 0 Å². The number of carboxylic acid groups (broad SMARTS) is 1. The van der Waals surface area contributed by atoms with E-state index >= 15 is 0 Å². The zero-order valence-corrected chi connectivity index (χ0v) is 14.1. The monoisotopic (exact) mass is 329 g/mol. The lowest BCUT2D eigenvalue weighted by atomic mass is 9.60. The minimum atomic E-state index is -1.14. The molecule has 2 aliphatic rings. The van der Waals surface area contributed by atoms with Crippen molar-refractivity contribution in [3.8, 4) is 0 Å². The van der Waals surface area contributed by atoms with Crippen LogP contribution in [-0.2, 0) is 14.3 Å². The molecule has 0 bridgehead atoms. The maximum Gasteiger partial charge on any atom is 0.408 e. The van der Waals surface area contributed by atoms with Crippen LogP contribution in [0.3, 0.4) is 0 Å². The van der Waals surface area contributed by atoms with Gasteiger partial charge in [0, 0.05) is 6.61 Å². The van der Waals surface area contributed by atoms with Gasteiger partial charge in [-0.25, -0.2) is 4.79 Å². The Bertz CT molecular complexity index is 456. The molecule has 1 unspecified atom stereocenters. The van der Waals surface area contributed by atoms with Crippen LogP contribution in [0.2, 0.25) is 0 Å². The maximum atomic E-state index is 12.3. The molecule has 0 radical (unpaired) electrons. The molecule has 1 atom stereocenters. The lowest BCUT2D eigenvalue weighted by Crippen LogP contribution is -2.65. The van der Waals surface area contributed by atoms with Crippen LogP contribution in [0.4, 0.5) is 4.79 Å². The van der Waals surface area contributed by atoms with Gasteiger partial charge in [-0.1, -0.05) is 0 Å². The average molecular weight is 329 g/mol. The number of hydrogen-bond acceptors (Lipinski definition) is 5. The van der Waals surface area contributed by atoms with E-state index in [0.717, 1.165) is 0 Å². The van der Waals surface area contributed by atoms with Crippen LogP contribution in [-0.4, -0.2) is 52.7 Å². The summed E-state index contributed by atoms with van der Waals surface area (Å²) in [6.07, 6.45) is 0.742. The van der Waals surface area contributed by atoms with Crippen molar-refractivity contribution in [2.24, 2.45) is 5.41 Å². The number of amides is 1. The van der Waals surface area contributed by atoms with Crippen LogP contribution >= 0.6 is 0 Å². The molecule has 1 saturated heterocycles. The zero-order valence-electron chi connectivity index (χ0n) is 14.1. The van der Waals surface area contributed by atoms with Crippen LogP contribution in [0.15, 0.2) is 0 Å². The Morgan fingerprint density at radius 2 is 1.83 bits per heavy atom. The van der Waals surface area contributed by atoms with E-state index in [1.165, 1.54) is 0 Å². The standard InChI is InChI=1S/C16H27NO6/c1-14(2,3)23-13(21)17-16(8-9-22-10-16)15(12(19)20)6-4-11(18)5-7-15/h11,18H,4-10H2,1-3H3,(H,17,21)(H,19,20). The van der Waals surface area contributed by atoms with Crippen LogP contribution in [0.25, 0.3) is 0 Å². The molecule has 7 nitrogen and oxygen atoms in total. The Hall–Kier alpha value is -1.34. The van der Waals surface area contributed by atoms with Gasteiger partial charge in [-0.3, -0.25) is 4.79 Å². The third-order valence-corrected chi connectivity index (χ3v) is 4.90. The number of ether oxygens (including phenoxy) is 2. The SMILES string of the molecule is CC(C)(C)OC(=O)NC1(C2(C(=O)O)CCC(O)CC2)CCOC1. The van der Waals surface area contributed by atoms with Gasteiger partial charge in [0.05, 0.1) is 23.7 Å². The summed E-state index contributed by atoms with van der Waals surface area (Å²) in [5, 5.41) is 22.5. The smallest absolute Gasteiger partial charge is 0.408 e. The van der Waals surface area contributed by atoms with Crippen molar-refractivity contribution in [1.82, 2.24) is 5.32 Å². The molecule has 1 saturated carbocycles. The van der Waals surface area contributed by atoms with Crippen LogP contribution in [0.5, 0.6) is 0 Å². The molecule has 2 fully saturated rings. The summed E-state index contributed by atoms with van der Waals surface area (Å²) in [5.41, 5.74) is -2.80. The second-order valence-corrected chi connectivity index (χ2v) is 7.63. The number of nitrogens with one attached hydrogen (secondary N) is 1. The molecular formula is C16H27NO6. The molecule has 1 amide bonds. The molecule has 0 aromatic heterocycles. The highest BCUT2D eigenvalue weighted by atomic mass is 16.6. The summed E-state index contributed by atoms with van der Waals surface area (Å²) in [6.45, 7) is 5.82. The van der Waals surface area contributed by atoms with E-state index in [1.807, 2.05) is 0 Å². The molecule has 1 heterocycles. The quantitative estimate of drug-likeness (QED) is 0.727. The molecule has 0 spiro atoms. The van der Waals surface area contributed by atoms with Crippen molar-refractivity contribution in [2.75, 3.05) is 13.2 Å². The van der Waals surface area contributed by atoms with Crippen molar-refractivity contribution >= 4 is 12.1 Å². The third kappa shape index (κ3) is 3.61. The summed E-state index contributed by atoms with van der Waals surface area (Å²) in [6, 6.07) is 0. The lowest BCUT2D eigenvalue weighted by molar-refractivity contribution is -0.160. The van der Waals surface area contributed by atoms with E-state index in [2.05, 4.69) is 5.32 Å². The van der Waals surface area contributed by atoms with Crippen LogP contribution < -0.4 is 5.32 Å². The molecule has 1 aliphatic carbocycles. The summed E-state index contributed by atoms with van der Waals surface area (Å²) in [5.74, 6) is -0.953. The Morgan fingerprint density at radius 1 is 1.22 bits per heavy atom. The predicted molar refractivity (Wildman–Crippen MR) is 82.1 cm³/mol. The number of carbonyl (C=O) groups is 2. The maximum absolute atomic E-state index is 12.3. The van der Waals surface area contributed by atoms with Gasteiger partial charge in [0.25, 0.3) is 0 Å². The Morgan fingerprint density at radius 3 is 2.26 bits per heavy atom. The molecule has 1 aliphatic heterocycles. The van der Waals surface area contributed by atoms with Gasteiger partial charge in [-0.15, -0.1) is 0 Å². The second-order valence-electron chi connectivity index (χ2n) is 7.63. The highest BCUT2D eigenvalue weighted by molar-refractivity contribution is 5.79. The normalized spacial score (nSPS) is 34.9. The molecule has 3 N–H and O–H groups in total. The summed E-state index contributed by atoms with van der Waals surface area (Å²) >= 11 is 0. The first-order valence-electron chi connectivity index (χ1n) is 8.11. The first-order valence-corrected chi connectivity index (χ1v) is 8.11. The fourth-order valence-corrected chi connectivity index (χ4v) is 3.65. The second kappa shape index (κ2) is 6.28. The Balaban J connectivity index is 2.27. The highest BCUT2D eigenvalue weighted by Crippen LogP contribution is 2.49. The number of aliphatic carboxylic acids is 1. The first-order chi connectivity index (χ1) is 10.6. The van der Waals surface area contributed by atoms with E-state index in [-0.39, 0.29) is 6.61 Å². The summed E-state index contributed by atoms with van der Waals surface area (Å²) in [7, 11) is 0. The van der Waals surface area contributed by atoms with E-state index in [0.29, 0.717) is 38.7 Å². The average Bonchev–Trinajstić information content (AvgIpc) is 2.86. The van der Waals surface area contributed by atoms with Crippen LogP contribution in [0.1, 0.15) is 52.9 Å². The molecule has 23 heavy (non-hydrogen) atoms. The largest absolute Gasteiger partial charge is 0.481 e. The molecule has 0 aromatic carbocycles. The fourth-order valence-electron chi connectivity index (χ4n) is 3.65. The number of carboxylic acids is 1. The Kier molecular flexibility index (Phi) is 4.92. The number of rotatable bonds is 3. The van der Waals surface area contributed by atoms with Crippen molar-refractivity contribution in [2.45, 2.75) is 70.1 Å². The highest BCUT2D eigenvalue weighted by Gasteiger charge is 2.60. The predicted octanol–water partition coefficient (Wildman–Crippen LogP) is 1.68. The van der Waals surface area contributed by atoms with Gasteiger partial charge in [-0.05, 0) is 52.9 Å². The van der Waals surface area contributed by atoms with E-state index < -0.39 is 34.7 Å². The van der Waals surface area contributed by atoms with Gasteiger partial charge in [0.15, 0.2) is 0 Å². The van der Waals surface area contributed by atoms with E-state index in [1.54, 1.807) is 20.8 Å². The van der Waals surface area contributed by atoms with Gasteiger partial charge < -0.3 is 25.0 Å². The molecule has 0 aromatic rings. The topological polar surface area (TPSA) is 105 Å². The molecule has 132 valence electrons. The summed E-state index contributed by atoms with van der Waals surface area (Å²) in [4.78, 5) is 24.4. The number of hydrogen-bond donors (Lipinski definition) is 3.